The monoisotopic (exact) mass is 446 g/mol. The molecule has 0 amide bonds. The third-order valence-corrected chi connectivity index (χ3v) is 5.40. The predicted molar refractivity (Wildman–Crippen MR) is 122 cm³/mol. The zero-order valence-electron chi connectivity index (χ0n) is 17.3. The summed E-state index contributed by atoms with van der Waals surface area (Å²) in [5, 5.41) is 0.905. The topological polar surface area (TPSA) is 18.5 Å². The molecule has 0 saturated heterocycles. The normalized spacial score (nSPS) is 12.1. The van der Waals surface area contributed by atoms with Gasteiger partial charge in [-0.15, -0.1) is 0 Å². The molecule has 3 rings (SSSR count). The van der Waals surface area contributed by atoms with E-state index < -0.39 is 6.36 Å². The Hall–Kier alpha value is -2.23. The SMILES string of the molecule is CC(F)Oc1cc(Cl)c(Cc2ccc(OCc3ccccc3)c(C(C)C)c2)c(Cl)c1. The van der Waals surface area contributed by atoms with Crippen molar-refractivity contribution in [2.75, 3.05) is 0 Å². The van der Waals surface area contributed by atoms with Gasteiger partial charge in [0.25, 0.3) is 0 Å². The molecule has 30 heavy (non-hydrogen) atoms. The van der Waals surface area contributed by atoms with Crippen LogP contribution in [0.3, 0.4) is 0 Å². The van der Waals surface area contributed by atoms with Crippen LogP contribution in [-0.2, 0) is 13.0 Å². The summed E-state index contributed by atoms with van der Waals surface area (Å²) in [5.74, 6) is 1.48. The lowest BCUT2D eigenvalue weighted by molar-refractivity contribution is 0.0860. The van der Waals surface area contributed by atoms with Crippen LogP contribution >= 0.6 is 23.2 Å². The number of halogens is 3. The second kappa shape index (κ2) is 10.2. The van der Waals surface area contributed by atoms with Gasteiger partial charge in [0.15, 0.2) is 0 Å². The Balaban J connectivity index is 1.81. The lowest BCUT2D eigenvalue weighted by atomic mass is 9.96. The molecule has 2 nitrogen and oxygen atoms in total. The van der Waals surface area contributed by atoms with Gasteiger partial charge < -0.3 is 9.47 Å². The highest BCUT2D eigenvalue weighted by atomic mass is 35.5. The second-order valence-corrected chi connectivity index (χ2v) is 8.32. The molecule has 3 aromatic carbocycles. The van der Waals surface area contributed by atoms with Crippen molar-refractivity contribution in [3.63, 3.8) is 0 Å². The van der Waals surface area contributed by atoms with Crippen LogP contribution < -0.4 is 9.47 Å². The Morgan fingerprint density at radius 2 is 1.53 bits per heavy atom. The van der Waals surface area contributed by atoms with Gasteiger partial charge in [0, 0.05) is 23.4 Å². The molecule has 5 heteroatoms. The average molecular weight is 447 g/mol. The number of hydrogen-bond donors (Lipinski definition) is 0. The summed E-state index contributed by atoms with van der Waals surface area (Å²) in [6.45, 7) is 6.11. The fraction of sp³-hybridized carbons (Fsp3) is 0.280. The van der Waals surface area contributed by atoms with Crippen LogP contribution in [-0.4, -0.2) is 6.36 Å². The van der Waals surface area contributed by atoms with E-state index in [1.54, 1.807) is 12.1 Å². The van der Waals surface area contributed by atoms with Crippen molar-refractivity contribution in [3.8, 4) is 11.5 Å². The van der Waals surface area contributed by atoms with Crippen LogP contribution in [0, 0.1) is 0 Å². The Morgan fingerprint density at radius 1 is 0.867 bits per heavy atom. The maximum absolute atomic E-state index is 13.1. The van der Waals surface area contributed by atoms with Gasteiger partial charge in [-0.1, -0.05) is 79.5 Å². The van der Waals surface area contributed by atoms with E-state index in [4.69, 9.17) is 32.7 Å². The fourth-order valence-corrected chi connectivity index (χ4v) is 3.83. The minimum Gasteiger partial charge on any atom is -0.489 e. The number of ether oxygens (including phenoxy) is 2. The van der Waals surface area contributed by atoms with Crippen molar-refractivity contribution in [1.29, 1.82) is 0 Å². The smallest absolute Gasteiger partial charge is 0.235 e. The average Bonchev–Trinajstić information content (AvgIpc) is 2.69. The van der Waals surface area contributed by atoms with Crippen molar-refractivity contribution >= 4 is 23.2 Å². The van der Waals surface area contributed by atoms with Crippen LogP contribution in [0.5, 0.6) is 11.5 Å². The molecule has 0 aromatic heterocycles. The van der Waals surface area contributed by atoms with Crippen molar-refractivity contribution in [2.45, 2.75) is 46.1 Å². The Labute approximate surface area is 187 Å². The van der Waals surface area contributed by atoms with Crippen LogP contribution in [0.4, 0.5) is 4.39 Å². The van der Waals surface area contributed by atoms with E-state index in [9.17, 15) is 4.39 Å². The van der Waals surface area contributed by atoms with E-state index in [0.29, 0.717) is 34.7 Å². The molecule has 0 fully saturated rings. The molecule has 0 radical (unpaired) electrons. The summed E-state index contributed by atoms with van der Waals surface area (Å²) >= 11 is 12.8. The molecule has 0 aliphatic rings. The number of rotatable bonds is 8. The van der Waals surface area contributed by atoms with E-state index in [1.165, 1.54) is 6.92 Å². The lowest BCUT2D eigenvalue weighted by Gasteiger charge is -2.17. The first kappa shape index (κ1) is 22.5. The highest BCUT2D eigenvalue weighted by molar-refractivity contribution is 6.36. The first-order valence-corrected chi connectivity index (χ1v) is 10.7. The molecular weight excluding hydrogens is 422 g/mol. The van der Waals surface area contributed by atoms with Gasteiger partial charge in [0.05, 0.1) is 0 Å². The van der Waals surface area contributed by atoms with E-state index in [2.05, 4.69) is 19.9 Å². The van der Waals surface area contributed by atoms with Crippen molar-refractivity contribution in [1.82, 2.24) is 0 Å². The largest absolute Gasteiger partial charge is 0.489 e. The Morgan fingerprint density at radius 3 is 2.13 bits per heavy atom. The van der Waals surface area contributed by atoms with Crippen LogP contribution in [0.25, 0.3) is 0 Å². The summed E-state index contributed by atoms with van der Waals surface area (Å²) in [6.07, 6.45) is -0.873. The summed E-state index contributed by atoms with van der Waals surface area (Å²) in [4.78, 5) is 0. The van der Waals surface area contributed by atoms with Gasteiger partial charge in [0.1, 0.15) is 18.1 Å². The molecule has 1 atom stereocenters. The zero-order valence-corrected chi connectivity index (χ0v) is 18.8. The zero-order chi connectivity index (χ0) is 21.7. The minimum atomic E-state index is -1.43. The van der Waals surface area contributed by atoms with Crippen molar-refractivity contribution in [3.05, 3.63) is 93.0 Å². The quantitative estimate of drug-likeness (QED) is 0.349. The number of hydrogen-bond acceptors (Lipinski definition) is 2. The molecule has 0 aliphatic heterocycles. The van der Waals surface area contributed by atoms with Gasteiger partial charge >= 0.3 is 0 Å². The van der Waals surface area contributed by atoms with Gasteiger partial charge in [-0.05, 0) is 46.4 Å². The van der Waals surface area contributed by atoms with Crippen LogP contribution in [0.2, 0.25) is 10.0 Å². The third-order valence-electron chi connectivity index (χ3n) is 4.73. The third kappa shape index (κ3) is 5.90. The van der Waals surface area contributed by atoms with Gasteiger partial charge in [-0.25, -0.2) is 4.39 Å². The highest BCUT2D eigenvalue weighted by Gasteiger charge is 2.14. The van der Waals surface area contributed by atoms with Crippen molar-refractivity contribution < 1.29 is 13.9 Å². The summed E-state index contributed by atoms with van der Waals surface area (Å²) in [6, 6.07) is 19.4. The predicted octanol–water partition coefficient (Wildman–Crippen LogP) is 7.98. The molecule has 0 N–H and O–H groups in total. The molecule has 0 bridgehead atoms. The molecule has 0 saturated carbocycles. The lowest BCUT2D eigenvalue weighted by Crippen LogP contribution is -2.04. The molecule has 0 aliphatic carbocycles. The Kier molecular flexibility index (Phi) is 7.63. The first-order chi connectivity index (χ1) is 14.3. The molecule has 1 unspecified atom stereocenters. The molecule has 158 valence electrons. The fourth-order valence-electron chi connectivity index (χ4n) is 3.23. The van der Waals surface area contributed by atoms with Crippen LogP contribution in [0.1, 0.15) is 48.9 Å². The maximum Gasteiger partial charge on any atom is 0.235 e. The van der Waals surface area contributed by atoms with Crippen LogP contribution in [0.15, 0.2) is 60.7 Å². The molecule has 0 spiro atoms. The van der Waals surface area contributed by atoms with E-state index in [-0.39, 0.29) is 0 Å². The molecule has 3 aromatic rings. The van der Waals surface area contributed by atoms with E-state index in [0.717, 1.165) is 28.0 Å². The number of benzene rings is 3. The molecular formula is C25H25Cl2FO2. The van der Waals surface area contributed by atoms with E-state index in [1.807, 2.05) is 42.5 Å². The highest BCUT2D eigenvalue weighted by Crippen LogP contribution is 2.34. The minimum absolute atomic E-state index is 0.295. The molecule has 0 heterocycles. The number of alkyl halides is 1. The van der Waals surface area contributed by atoms with E-state index >= 15 is 0 Å². The second-order valence-electron chi connectivity index (χ2n) is 7.50. The summed E-state index contributed by atoms with van der Waals surface area (Å²) in [5.41, 5.74) is 4.11. The van der Waals surface area contributed by atoms with Crippen molar-refractivity contribution in [2.24, 2.45) is 0 Å². The van der Waals surface area contributed by atoms with Gasteiger partial charge in [0.2, 0.25) is 6.36 Å². The summed E-state index contributed by atoms with van der Waals surface area (Å²) < 4.78 is 24.3. The van der Waals surface area contributed by atoms with Gasteiger partial charge in [-0.2, -0.15) is 0 Å². The first-order valence-electron chi connectivity index (χ1n) is 9.91. The maximum atomic E-state index is 13.1. The summed E-state index contributed by atoms with van der Waals surface area (Å²) in [7, 11) is 0. The standard InChI is InChI=1S/C25H25Cl2FO2/c1-16(2)21-11-19(9-10-25(21)29-15-18-7-5-4-6-8-18)12-22-23(26)13-20(14-24(22)27)30-17(3)28/h4-11,13-14,16-17H,12,15H2,1-3H3. The van der Waals surface area contributed by atoms with Gasteiger partial charge in [-0.3, -0.25) is 0 Å². The Bertz CT molecular complexity index is 965.